The molecule has 4 heteroatoms. The van der Waals surface area contributed by atoms with Crippen LogP contribution in [0.1, 0.15) is 45.0 Å². The van der Waals surface area contributed by atoms with E-state index in [1.807, 2.05) is 18.3 Å². The van der Waals surface area contributed by atoms with Crippen LogP contribution in [0, 0.1) is 11.8 Å². The second-order valence-corrected chi connectivity index (χ2v) is 6.22. The second-order valence-electron chi connectivity index (χ2n) is 5.95. The van der Waals surface area contributed by atoms with Crippen LogP contribution in [0.5, 0.6) is 0 Å². The third-order valence-electron chi connectivity index (χ3n) is 4.16. The van der Waals surface area contributed by atoms with E-state index < -0.39 is 0 Å². The van der Waals surface area contributed by atoms with Gasteiger partial charge in [0.2, 0.25) is 0 Å². The summed E-state index contributed by atoms with van der Waals surface area (Å²) in [5.74, 6) is 2.94. The molecular weight excluding hydrogens is 258 g/mol. The zero-order chi connectivity index (χ0) is 13.4. The van der Waals surface area contributed by atoms with Gasteiger partial charge in [0.25, 0.3) is 0 Å². The Hall–Kier alpha value is -1.09. The number of pyridine rings is 1. The van der Waals surface area contributed by atoms with Gasteiger partial charge in [-0.05, 0) is 43.2 Å². The van der Waals surface area contributed by atoms with Gasteiger partial charge < -0.3 is 4.57 Å². The largest absolute Gasteiger partial charge is 0.309 e. The third kappa shape index (κ3) is 2.36. The fourth-order valence-corrected chi connectivity index (χ4v) is 3.76. The van der Waals surface area contributed by atoms with Crippen LogP contribution in [-0.2, 0) is 5.88 Å². The first-order valence-electron chi connectivity index (χ1n) is 7.06. The minimum atomic E-state index is 0.454. The third-order valence-corrected chi connectivity index (χ3v) is 4.40. The Labute approximate surface area is 119 Å². The highest BCUT2D eigenvalue weighted by atomic mass is 35.5. The maximum Gasteiger partial charge on any atom is 0.160 e. The number of alkyl halides is 1. The Morgan fingerprint density at radius 2 is 2.00 bits per heavy atom. The van der Waals surface area contributed by atoms with Crippen molar-refractivity contribution in [3.8, 4) is 0 Å². The van der Waals surface area contributed by atoms with E-state index in [-0.39, 0.29) is 0 Å². The Balaban J connectivity index is 2.07. The Bertz CT molecular complexity index is 568. The van der Waals surface area contributed by atoms with Gasteiger partial charge in [0, 0.05) is 12.2 Å². The van der Waals surface area contributed by atoms with Gasteiger partial charge in [-0.1, -0.05) is 13.8 Å². The molecule has 2 aromatic rings. The van der Waals surface area contributed by atoms with E-state index >= 15 is 0 Å². The molecule has 0 bridgehead atoms. The zero-order valence-electron chi connectivity index (χ0n) is 11.5. The SMILES string of the molecule is CC1CC(C)CC(n2c(CCl)nc3cccnc32)C1. The molecule has 1 saturated carbocycles. The van der Waals surface area contributed by atoms with Gasteiger partial charge in [0.15, 0.2) is 5.65 Å². The van der Waals surface area contributed by atoms with E-state index in [1.54, 1.807) is 0 Å². The van der Waals surface area contributed by atoms with Crippen molar-refractivity contribution in [2.75, 3.05) is 0 Å². The molecule has 0 saturated heterocycles. The minimum absolute atomic E-state index is 0.454. The highest BCUT2D eigenvalue weighted by Gasteiger charge is 2.28. The maximum absolute atomic E-state index is 6.08. The molecule has 1 aliphatic rings. The smallest absolute Gasteiger partial charge is 0.160 e. The first-order valence-corrected chi connectivity index (χ1v) is 7.60. The highest BCUT2D eigenvalue weighted by Crippen LogP contribution is 2.38. The standard InChI is InChI=1S/C15H20ClN3/c1-10-6-11(2)8-12(7-10)19-14(9-16)18-13-4-3-5-17-15(13)19/h3-5,10-12H,6-9H2,1-2H3. The molecule has 1 aliphatic carbocycles. The fourth-order valence-electron chi connectivity index (χ4n) is 3.57. The van der Waals surface area contributed by atoms with Gasteiger partial charge in [0.1, 0.15) is 11.3 Å². The van der Waals surface area contributed by atoms with E-state index in [1.165, 1.54) is 19.3 Å². The quantitative estimate of drug-likeness (QED) is 0.772. The molecule has 2 atom stereocenters. The number of aromatic nitrogens is 3. The molecule has 0 N–H and O–H groups in total. The lowest BCUT2D eigenvalue weighted by atomic mass is 9.80. The summed E-state index contributed by atoms with van der Waals surface area (Å²) >= 11 is 6.08. The van der Waals surface area contributed by atoms with Crippen molar-refractivity contribution in [2.45, 2.75) is 45.0 Å². The minimum Gasteiger partial charge on any atom is -0.309 e. The van der Waals surface area contributed by atoms with Gasteiger partial charge in [-0.3, -0.25) is 0 Å². The normalized spacial score (nSPS) is 27.8. The average molecular weight is 278 g/mol. The second kappa shape index (κ2) is 5.12. The van der Waals surface area contributed by atoms with Crippen LogP contribution < -0.4 is 0 Å². The van der Waals surface area contributed by atoms with Gasteiger partial charge in [-0.15, -0.1) is 11.6 Å². The van der Waals surface area contributed by atoms with Crippen molar-refractivity contribution in [3.05, 3.63) is 24.2 Å². The van der Waals surface area contributed by atoms with Gasteiger partial charge in [0.05, 0.1) is 5.88 Å². The first-order chi connectivity index (χ1) is 9.19. The molecule has 0 amide bonds. The summed E-state index contributed by atoms with van der Waals surface area (Å²) in [6.45, 7) is 4.69. The van der Waals surface area contributed by atoms with E-state index in [9.17, 15) is 0 Å². The lowest BCUT2D eigenvalue weighted by Gasteiger charge is -2.33. The Morgan fingerprint density at radius 3 is 2.68 bits per heavy atom. The van der Waals surface area contributed by atoms with Crippen LogP contribution in [0.3, 0.4) is 0 Å². The van der Waals surface area contributed by atoms with E-state index in [0.29, 0.717) is 11.9 Å². The lowest BCUT2D eigenvalue weighted by molar-refractivity contribution is 0.222. The number of rotatable bonds is 2. The molecule has 2 aromatic heterocycles. The number of imidazole rings is 1. The van der Waals surface area contributed by atoms with Crippen LogP contribution in [-0.4, -0.2) is 14.5 Å². The van der Waals surface area contributed by atoms with Crippen molar-refractivity contribution in [1.82, 2.24) is 14.5 Å². The highest BCUT2D eigenvalue weighted by molar-refractivity contribution is 6.16. The predicted molar refractivity (Wildman–Crippen MR) is 78.3 cm³/mol. The molecule has 2 unspecified atom stereocenters. The van der Waals surface area contributed by atoms with Gasteiger partial charge in [-0.25, -0.2) is 9.97 Å². The molecule has 19 heavy (non-hydrogen) atoms. The van der Waals surface area contributed by atoms with Crippen LogP contribution in [0.25, 0.3) is 11.2 Å². The molecule has 0 aromatic carbocycles. The predicted octanol–water partition coefficient (Wildman–Crippen LogP) is 4.17. The number of hydrogen-bond acceptors (Lipinski definition) is 2. The monoisotopic (exact) mass is 277 g/mol. The van der Waals surface area contributed by atoms with Crippen molar-refractivity contribution < 1.29 is 0 Å². The topological polar surface area (TPSA) is 30.7 Å². The number of hydrogen-bond donors (Lipinski definition) is 0. The summed E-state index contributed by atoms with van der Waals surface area (Å²) in [5.41, 5.74) is 1.95. The van der Waals surface area contributed by atoms with E-state index in [4.69, 9.17) is 11.6 Å². The van der Waals surface area contributed by atoms with Crippen LogP contribution >= 0.6 is 11.6 Å². The Morgan fingerprint density at radius 1 is 1.26 bits per heavy atom. The van der Waals surface area contributed by atoms with Gasteiger partial charge in [-0.2, -0.15) is 0 Å². The molecule has 2 heterocycles. The first kappa shape index (κ1) is 12.9. The number of nitrogens with zero attached hydrogens (tertiary/aromatic N) is 3. The number of fused-ring (bicyclic) bond motifs is 1. The summed E-state index contributed by atoms with van der Waals surface area (Å²) in [6.07, 6.45) is 5.58. The Kier molecular flexibility index (Phi) is 3.48. The summed E-state index contributed by atoms with van der Waals surface area (Å²) < 4.78 is 2.29. The summed E-state index contributed by atoms with van der Waals surface area (Å²) in [7, 11) is 0. The van der Waals surface area contributed by atoms with Crippen molar-refractivity contribution in [1.29, 1.82) is 0 Å². The van der Waals surface area contributed by atoms with Crippen molar-refractivity contribution in [3.63, 3.8) is 0 Å². The molecule has 0 radical (unpaired) electrons. The molecule has 0 aliphatic heterocycles. The molecular formula is C15H20ClN3. The molecule has 0 spiro atoms. The van der Waals surface area contributed by atoms with Crippen molar-refractivity contribution in [2.24, 2.45) is 11.8 Å². The van der Waals surface area contributed by atoms with Crippen LogP contribution in [0.15, 0.2) is 18.3 Å². The van der Waals surface area contributed by atoms with Gasteiger partial charge >= 0.3 is 0 Å². The molecule has 102 valence electrons. The molecule has 3 nitrogen and oxygen atoms in total. The maximum atomic E-state index is 6.08. The summed E-state index contributed by atoms with van der Waals surface area (Å²) in [5, 5.41) is 0. The van der Waals surface area contributed by atoms with Crippen LogP contribution in [0.4, 0.5) is 0 Å². The van der Waals surface area contributed by atoms with E-state index in [2.05, 4.69) is 28.4 Å². The van der Waals surface area contributed by atoms with Crippen molar-refractivity contribution >= 4 is 22.8 Å². The van der Waals surface area contributed by atoms with E-state index in [0.717, 1.165) is 28.8 Å². The summed E-state index contributed by atoms with van der Waals surface area (Å²) in [4.78, 5) is 9.14. The number of halogens is 1. The summed E-state index contributed by atoms with van der Waals surface area (Å²) in [6, 6.07) is 4.45. The fraction of sp³-hybridized carbons (Fsp3) is 0.600. The zero-order valence-corrected chi connectivity index (χ0v) is 12.3. The lowest BCUT2D eigenvalue weighted by Crippen LogP contribution is -2.23. The molecule has 3 rings (SSSR count). The van der Waals surface area contributed by atoms with Crippen LogP contribution in [0.2, 0.25) is 0 Å². The average Bonchev–Trinajstić information content (AvgIpc) is 2.75. The molecule has 1 fully saturated rings.